The lowest BCUT2D eigenvalue weighted by molar-refractivity contribution is -0.142. The molecule has 0 fully saturated rings. The van der Waals surface area contributed by atoms with Crippen molar-refractivity contribution in [2.75, 3.05) is 0 Å². The third kappa shape index (κ3) is 6.11. The van der Waals surface area contributed by atoms with Crippen LogP contribution < -0.4 is 10.6 Å². The number of aliphatic carboxylic acids is 1. The average Bonchev–Trinajstić information content (AvgIpc) is 3.38. The van der Waals surface area contributed by atoms with Crippen LogP contribution in [0, 0.1) is 0 Å². The highest BCUT2D eigenvalue weighted by atomic mass is 16.6. The molecule has 2 aromatic heterocycles. The topological polar surface area (TPSA) is 125 Å². The molecule has 4 rings (SSSR count). The molecule has 2 aromatic carbocycles. The third-order valence-corrected chi connectivity index (χ3v) is 6.12. The van der Waals surface area contributed by atoms with Gasteiger partial charge in [-0.15, -0.1) is 0 Å². The van der Waals surface area contributed by atoms with Gasteiger partial charge in [0.05, 0.1) is 0 Å². The third-order valence-electron chi connectivity index (χ3n) is 6.12. The molecule has 0 radical (unpaired) electrons. The highest BCUT2D eigenvalue weighted by Gasteiger charge is 2.30. The summed E-state index contributed by atoms with van der Waals surface area (Å²) >= 11 is 0. The van der Waals surface area contributed by atoms with Gasteiger partial charge < -0.3 is 30.0 Å². The zero-order valence-corrected chi connectivity index (χ0v) is 21.4. The minimum Gasteiger partial charge on any atom is -0.480 e. The van der Waals surface area contributed by atoms with Crippen molar-refractivity contribution in [3.05, 3.63) is 72.1 Å². The van der Waals surface area contributed by atoms with Crippen molar-refractivity contribution in [1.29, 1.82) is 0 Å². The molecular formula is C28H32N4O5. The molecule has 0 unspecified atom stereocenters. The smallest absolute Gasteiger partial charge is 0.408 e. The van der Waals surface area contributed by atoms with Crippen LogP contribution in [0.25, 0.3) is 21.8 Å². The molecule has 0 aliphatic heterocycles. The number of para-hydroxylation sites is 2. The van der Waals surface area contributed by atoms with Crippen LogP contribution in [-0.4, -0.2) is 50.3 Å². The molecule has 2 heterocycles. The molecule has 0 bridgehead atoms. The van der Waals surface area contributed by atoms with Gasteiger partial charge in [0.2, 0.25) is 5.91 Å². The number of carbonyl (C=O) groups is 3. The van der Waals surface area contributed by atoms with Gasteiger partial charge in [-0.2, -0.15) is 0 Å². The van der Waals surface area contributed by atoms with E-state index in [0.29, 0.717) is 0 Å². The maximum absolute atomic E-state index is 13.4. The van der Waals surface area contributed by atoms with E-state index in [9.17, 15) is 19.5 Å². The van der Waals surface area contributed by atoms with Gasteiger partial charge in [0.15, 0.2) is 0 Å². The van der Waals surface area contributed by atoms with Gasteiger partial charge in [-0.1, -0.05) is 36.4 Å². The maximum Gasteiger partial charge on any atom is 0.408 e. The number of ether oxygens (including phenoxy) is 1. The van der Waals surface area contributed by atoms with Crippen LogP contribution in [0.3, 0.4) is 0 Å². The van der Waals surface area contributed by atoms with E-state index in [-0.39, 0.29) is 12.8 Å². The Hall–Kier alpha value is -4.27. The SMILES string of the molecule is Cn1cc(C[C@@H](NC(=O)[C@@H](Cc2c[nH]c3ccccc23)NC(=O)OC(C)(C)C)C(=O)O)c2ccccc21. The highest BCUT2D eigenvalue weighted by molar-refractivity contribution is 5.91. The molecule has 0 aliphatic carbocycles. The molecule has 2 amide bonds. The minimum absolute atomic E-state index is 0.0919. The Morgan fingerprint density at radius 3 is 2.30 bits per heavy atom. The number of benzene rings is 2. The summed E-state index contributed by atoms with van der Waals surface area (Å²) in [6.07, 6.45) is 3.14. The number of hydrogen-bond donors (Lipinski definition) is 4. The predicted molar refractivity (Wildman–Crippen MR) is 141 cm³/mol. The van der Waals surface area contributed by atoms with E-state index in [1.165, 1.54) is 0 Å². The largest absolute Gasteiger partial charge is 0.480 e. The Bertz CT molecular complexity index is 1450. The number of carbonyl (C=O) groups excluding carboxylic acids is 2. The Morgan fingerprint density at radius 1 is 0.946 bits per heavy atom. The number of nitrogens with one attached hydrogen (secondary N) is 3. The van der Waals surface area contributed by atoms with E-state index >= 15 is 0 Å². The number of carboxylic acid groups (broad SMARTS) is 1. The molecule has 0 spiro atoms. The summed E-state index contributed by atoms with van der Waals surface area (Å²) < 4.78 is 7.29. The van der Waals surface area contributed by atoms with E-state index in [1.807, 2.05) is 66.3 Å². The van der Waals surface area contributed by atoms with Crippen molar-refractivity contribution in [1.82, 2.24) is 20.2 Å². The summed E-state index contributed by atoms with van der Waals surface area (Å²) in [6.45, 7) is 5.18. The molecule has 2 atom stereocenters. The first-order valence-corrected chi connectivity index (χ1v) is 12.1. The molecular weight excluding hydrogens is 472 g/mol. The minimum atomic E-state index is -1.19. The van der Waals surface area contributed by atoms with Crippen molar-refractivity contribution in [2.45, 2.75) is 51.3 Å². The lowest BCUT2D eigenvalue weighted by Crippen LogP contribution is -2.53. The lowest BCUT2D eigenvalue weighted by Gasteiger charge is -2.24. The van der Waals surface area contributed by atoms with E-state index in [1.54, 1.807) is 27.0 Å². The van der Waals surface area contributed by atoms with E-state index in [4.69, 9.17) is 4.74 Å². The van der Waals surface area contributed by atoms with Crippen LogP contribution in [0.2, 0.25) is 0 Å². The van der Waals surface area contributed by atoms with Gasteiger partial charge in [-0.05, 0) is 44.0 Å². The standard InChI is InChI=1S/C28H32N4O5/c1-28(2,3)37-27(36)31-22(13-17-15-29-21-11-7-5-9-19(17)21)25(33)30-23(26(34)35)14-18-16-32(4)24-12-8-6-10-20(18)24/h5-12,15-16,22-23,29H,13-14H2,1-4H3,(H,30,33)(H,31,36)(H,34,35)/t22-,23-/m1/s1. The van der Waals surface area contributed by atoms with Crippen LogP contribution in [0.1, 0.15) is 31.9 Å². The Labute approximate surface area is 214 Å². The first kappa shape index (κ1) is 25.8. The monoisotopic (exact) mass is 504 g/mol. The van der Waals surface area contributed by atoms with Crippen LogP contribution in [0.5, 0.6) is 0 Å². The maximum atomic E-state index is 13.4. The molecule has 9 heteroatoms. The predicted octanol–water partition coefficient (Wildman–Crippen LogP) is 3.91. The van der Waals surface area contributed by atoms with Crippen LogP contribution >= 0.6 is 0 Å². The number of hydrogen-bond acceptors (Lipinski definition) is 4. The fourth-order valence-electron chi connectivity index (χ4n) is 4.46. The van der Waals surface area contributed by atoms with Gasteiger partial charge in [-0.3, -0.25) is 4.79 Å². The van der Waals surface area contributed by atoms with Gasteiger partial charge in [0.1, 0.15) is 17.7 Å². The number of H-pyrrole nitrogens is 1. The zero-order chi connectivity index (χ0) is 26.7. The van der Waals surface area contributed by atoms with Crippen molar-refractivity contribution in [2.24, 2.45) is 7.05 Å². The van der Waals surface area contributed by atoms with E-state index < -0.39 is 35.7 Å². The van der Waals surface area contributed by atoms with Gasteiger partial charge in [0, 0.05) is 54.1 Å². The molecule has 0 saturated carbocycles. The number of nitrogens with zero attached hydrogens (tertiary/aromatic N) is 1. The fraction of sp³-hybridized carbons (Fsp3) is 0.321. The summed E-state index contributed by atoms with van der Waals surface area (Å²) in [4.78, 5) is 41.3. The van der Waals surface area contributed by atoms with Crippen LogP contribution in [0.15, 0.2) is 60.9 Å². The number of fused-ring (bicyclic) bond motifs is 2. The lowest BCUT2D eigenvalue weighted by atomic mass is 10.0. The van der Waals surface area contributed by atoms with Crippen LogP contribution in [0.4, 0.5) is 4.79 Å². The summed E-state index contributed by atoms with van der Waals surface area (Å²) in [7, 11) is 1.89. The summed E-state index contributed by atoms with van der Waals surface area (Å²) in [6, 6.07) is 13.1. The molecule has 4 N–H and O–H groups in total. The first-order chi connectivity index (χ1) is 17.5. The number of aryl methyl sites for hydroxylation is 1. The second kappa shape index (κ2) is 10.4. The molecule has 37 heavy (non-hydrogen) atoms. The van der Waals surface area contributed by atoms with E-state index in [0.717, 1.165) is 32.9 Å². The first-order valence-electron chi connectivity index (χ1n) is 12.1. The second-order valence-corrected chi connectivity index (χ2v) is 10.1. The molecule has 0 aliphatic rings. The number of amides is 2. The van der Waals surface area contributed by atoms with Gasteiger partial charge in [-0.25, -0.2) is 9.59 Å². The van der Waals surface area contributed by atoms with Gasteiger partial charge >= 0.3 is 12.1 Å². The highest BCUT2D eigenvalue weighted by Crippen LogP contribution is 2.22. The van der Waals surface area contributed by atoms with Crippen molar-refractivity contribution in [3.8, 4) is 0 Å². The van der Waals surface area contributed by atoms with E-state index in [2.05, 4.69) is 15.6 Å². The molecule has 0 saturated heterocycles. The summed E-state index contributed by atoms with van der Waals surface area (Å²) in [5.41, 5.74) is 2.72. The average molecular weight is 505 g/mol. The quantitative estimate of drug-likeness (QED) is 0.290. The molecule has 4 aromatic rings. The number of aromatic nitrogens is 2. The van der Waals surface area contributed by atoms with Crippen LogP contribution in [-0.2, 0) is 34.2 Å². The van der Waals surface area contributed by atoms with Crippen molar-refractivity contribution >= 4 is 39.8 Å². The Morgan fingerprint density at radius 2 is 1.59 bits per heavy atom. The second-order valence-electron chi connectivity index (χ2n) is 10.1. The zero-order valence-electron chi connectivity index (χ0n) is 21.4. The van der Waals surface area contributed by atoms with Crippen molar-refractivity contribution in [3.63, 3.8) is 0 Å². The molecule has 9 nitrogen and oxygen atoms in total. The van der Waals surface area contributed by atoms with Crippen molar-refractivity contribution < 1.29 is 24.2 Å². The Balaban J connectivity index is 1.57. The normalized spacial score (nSPS) is 13.3. The Kier molecular flexibility index (Phi) is 7.24. The number of aromatic amines is 1. The summed E-state index contributed by atoms with van der Waals surface area (Å²) in [5, 5.41) is 17.0. The fourth-order valence-corrected chi connectivity index (χ4v) is 4.46. The number of alkyl carbamates (subject to hydrolysis) is 1. The number of rotatable bonds is 8. The van der Waals surface area contributed by atoms with Gasteiger partial charge in [0.25, 0.3) is 0 Å². The number of carboxylic acids is 1. The molecule has 194 valence electrons. The summed E-state index contributed by atoms with van der Waals surface area (Å²) in [5.74, 6) is -1.77.